The van der Waals surface area contributed by atoms with Crippen LogP contribution in [0.3, 0.4) is 0 Å². The van der Waals surface area contributed by atoms with Gasteiger partial charge in [-0.05, 0) is 107 Å². The van der Waals surface area contributed by atoms with Gasteiger partial charge in [0.15, 0.2) is 5.78 Å². The Morgan fingerprint density at radius 1 is 0.816 bits per heavy atom. The van der Waals surface area contributed by atoms with Crippen molar-refractivity contribution in [3.05, 3.63) is 104 Å². The molecule has 3 aromatic carbocycles. The van der Waals surface area contributed by atoms with Crippen LogP contribution >= 0.6 is 63.7 Å². The summed E-state index contributed by atoms with van der Waals surface area (Å²) < 4.78 is 1.49. The summed E-state index contributed by atoms with van der Waals surface area (Å²) in [4.78, 5) is 64.6. The second-order valence-corrected chi connectivity index (χ2v) is 11.5. The number of nitro groups is 1. The van der Waals surface area contributed by atoms with Crippen LogP contribution in [0.1, 0.15) is 52.6 Å². The maximum absolute atomic E-state index is 13.7. The second kappa shape index (κ2) is 10.8. The number of benzene rings is 3. The highest BCUT2D eigenvalue weighted by molar-refractivity contribution is 9.15. The van der Waals surface area contributed by atoms with Gasteiger partial charge in [0.05, 0.1) is 16.1 Å². The first kappa shape index (κ1) is 28.3. The summed E-state index contributed by atoms with van der Waals surface area (Å²) in [6, 6.07) is 9.67. The molecular weight excluding hydrogens is 758 g/mol. The van der Waals surface area contributed by atoms with E-state index >= 15 is 0 Å². The topological polar surface area (TPSA) is 118 Å². The monoisotopic (exact) mass is 769 g/mol. The summed E-state index contributed by atoms with van der Waals surface area (Å²) in [5.41, 5.74) is 1.80. The van der Waals surface area contributed by atoms with Gasteiger partial charge in [0.25, 0.3) is 23.4 Å². The Morgan fingerprint density at radius 2 is 1.32 bits per heavy atom. The van der Waals surface area contributed by atoms with Gasteiger partial charge in [-0.2, -0.15) is 5.01 Å². The van der Waals surface area contributed by atoms with E-state index in [4.69, 9.17) is 0 Å². The molecule has 4 rings (SSSR count). The van der Waals surface area contributed by atoms with E-state index in [-0.39, 0.29) is 31.3 Å². The summed E-state index contributed by atoms with van der Waals surface area (Å²) in [7, 11) is 0. The Bertz CT molecular complexity index is 1530. The Hall–Kier alpha value is -2.74. The number of hydrogen-bond acceptors (Lipinski definition) is 6. The number of carbonyl (C=O) groups excluding carboxylic acids is 4. The van der Waals surface area contributed by atoms with Gasteiger partial charge in [0, 0.05) is 41.2 Å². The number of rotatable bonds is 6. The van der Waals surface area contributed by atoms with E-state index in [9.17, 15) is 29.3 Å². The fourth-order valence-electron chi connectivity index (χ4n) is 3.81. The minimum atomic E-state index is -0.864. The maximum atomic E-state index is 13.7. The second-order valence-electron chi connectivity index (χ2n) is 8.32. The first-order chi connectivity index (χ1) is 17.8. The minimum absolute atomic E-state index is 0.00270. The molecule has 0 bridgehead atoms. The zero-order valence-corrected chi connectivity index (χ0v) is 25.9. The molecule has 0 atom stereocenters. The molecule has 3 aromatic rings. The third kappa shape index (κ3) is 4.88. The van der Waals surface area contributed by atoms with Crippen LogP contribution in [-0.4, -0.2) is 45.0 Å². The number of fused-ring (bicyclic) bond motifs is 1. The first-order valence-corrected chi connectivity index (χ1v) is 13.9. The van der Waals surface area contributed by atoms with Gasteiger partial charge >= 0.3 is 0 Å². The number of non-ortho nitro benzene ring substituents is 1. The van der Waals surface area contributed by atoms with Crippen molar-refractivity contribution in [2.75, 3.05) is 6.54 Å². The van der Waals surface area contributed by atoms with E-state index in [2.05, 4.69) is 63.7 Å². The number of aryl methyl sites for hydroxylation is 2. The quantitative estimate of drug-likeness (QED) is 0.0680. The standard InChI is InChI=1S/C25H15Br4N3O6/c1-11-3-4-14(9-12(11)2)16(33)10-30(23(34)13-5-7-15(8-6-13)32(37)38)31-24(35)17-18(25(31)36)20(27)22(29)21(28)19(17)26/h3-9H,10H2,1-2H3. The predicted octanol–water partition coefficient (Wildman–Crippen LogP) is 6.80. The van der Waals surface area contributed by atoms with Gasteiger partial charge in [-0.1, -0.05) is 12.1 Å². The molecule has 1 aliphatic heterocycles. The molecule has 0 unspecified atom stereocenters. The molecule has 9 nitrogen and oxygen atoms in total. The Balaban J connectivity index is 1.82. The zero-order chi connectivity index (χ0) is 28.0. The Kier molecular flexibility index (Phi) is 8.03. The van der Waals surface area contributed by atoms with Crippen molar-refractivity contribution in [2.24, 2.45) is 0 Å². The lowest BCUT2D eigenvalue weighted by Crippen LogP contribution is -2.51. The highest BCUT2D eigenvalue weighted by Gasteiger charge is 2.46. The van der Waals surface area contributed by atoms with E-state index in [1.54, 1.807) is 18.2 Å². The average Bonchev–Trinajstić information content (AvgIpc) is 3.15. The molecule has 0 aromatic heterocycles. The van der Waals surface area contributed by atoms with Crippen LogP contribution in [-0.2, 0) is 0 Å². The molecule has 13 heteroatoms. The van der Waals surface area contributed by atoms with Crippen molar-refractivity contribution in [2.45, 2.75) is 13.8 Å². The molecule has 194 valence electrons. The number of Topliss-reactive ketones (excluding diaryl/α,β-unsaturated/α-hetero) is 1. The normalized spacial score (nSPS) is 12.5. The van der Waals surface area contributed by atoms with E-state index in [1.807, 2.05) is 13.8 Å². The molecule has 0 fully saturated rings. The van der Waals surface area contributed by atoms with Crippen LogP contribution < -0.4 is 0 Å². The van der Waals surface area contributed by atoms with Crippen LogP contribution in [0.5, 0.6) is 0 Å². The minimum Gasteiger partial charge on any atom is -0.292 e. The fraction of sp³-hybridized carbons (Fsp3) is 0.120. The summed E-state index contributed by atoms with van der Waals surface area (Å²) in [5.74, 6) is -3.03. The zero-order valence-electron chi connectivity index (χ0n) is 19.6. The summed E-state index contributed by atoms with van der Waals surface area (Å²) >= 11 is 13.4. The van der Waals surface area contributed by atoms with Crippen LogP contribution in [0.15, 0.2) is 60.4 Å². The number of nitrogens with zero attached hydrogens (tertiary/aromatic N) is 3. The van der Waals surface area contributed by atoms with E-state index < -0.39 is 35.0 Å². The molecule has 3 amide bonds. The number of ketones is 1. The lowest BCUT2D eigenvalue weighted by atomic mass is 10.0. The molecule has 0 radical (unpaired) electrons. The van der Waals surface area contributed by atoms with Crippen LogP contribution in [0.4, 0.5) is 5.69 Å². The summed E-state index contributed by atoms with van der Waals surface area (Å²) in [6.45, 7) is 3.08. The largest absolute Gasteiger partial charge is 0.292 e. The average molecular weight is 773 g/mol. The maximum Gasteiger partial charge on any atom is 0.282 e. The molecule has 38 heavy (non-hydrogen) atoms. The molecule has 0 N–H and O–H groups in total. The highest BCUT2D eigenvalue weighted by atomic mass is 79.9. The molecule has 0 spiro atoms. The predicted molar refractivity (Wildman–Crippen MR) is 152 cm³/mol. The smallest absolute Gasteiger partial charge is 0.282 e. The number of imide groups is 1. The van der Waals surface area contributed by atoms with Crippen molar-refractivity contribution >= 4 is 92.9 Å². The summed E-state index contributed by atoms with van der Waals surface area (Å²) in [5, 5.41) is 12.5. The van der Waals surface area contributed by atoms with Crippen molar-refractivity contribution in [3.63, 3.8) is 0 Å². The number of amides is 3. The third-order valence-corrected chi connectivity index (χ3v) is 10.8. The van der Waals surface area contributed by atoms with Gasteiger partial charge < -0.3 is 0 Å². The van der Waals surface area contributed by atoms with Crippen molar-refractivity contribution in [1.29, 1.82) is 0 Å². The highest BCUT2D eigenvalue weighted by Crippen LogP contribution is 2.45. The molecule has 0 saturated carbocycles. The van der Waals surface area contributed by atoms with Crippen molar-refractivity contribution < 1.29 is 24.1 Å². The van der Waals surface area contributed by atoms with Gasteiger partial charge in [-0.15, -0.1) is 0 Å². The summed E-state index contributed by atoms with van der Waals surface area (Å²) in [6.07, 6.45) is 0. The number of carbonyl (C=O) groups is 4. The number of hydrazine groups is 1. The lowest BCUT2D eigenvalue weighted by molar-refractivity contribution is -0.384. The molecule has 1 heterocycles. The lowest BCUT2D eigenvalue weighted by Gasteiger charge is -2.29. The van der Waals surface area contributed by atoms with Crippen molar-refractivity contribution in [3.8, 4) is 0 Å². The van der Waals surface area contributed by atoms with Crippen LogP contribution in [0.25, 0.3) is 0 Å². The van der Waals surface area contributed by atoms with Crippen molar-refractivity contribution in [1.82, 2.24) is 10.0 Å². The molecule has 0 saturated heterocycles. The van der Waals surface area contributed by atoms with E-state index in [0.717, 1.165) is 28.3 Å². The Labute approximate surface area is 249 Å². The molecule has 0 aliphatic carbocycles. The molecule has 1 aliphatic rings. The first-order valence-electron chi connectivity index (χ1n) is 10.8. The van der Waals surface area contributed by atoms with E-state index in [1.165, 1.54) is 12.1 Å². The number of hydrogen-bond donors (Lipinski definition) is 0. The van der Waals surface area contributed by atoms with Crippen LogP contribution in [0, 0.1) is 24.0 Å². The van der Waals surface area contributed by atoms with Gasteiger partial charge in [-0.3, -0.25) is 29.3 Å². The number of nitro benzene ring substituents is 1. The third-order valence-electron chi connectivity index (χ3n) is 6.00. The fourth-order valence-corrected chi connectivity index (χ4v) is 6.26. The van der Waals surface area contributed by atoms with Gasteiger partial charge in [0.2, 0.25) is 0 Å². The number of halogens is 4. The van der Waals surface area contributed by atoms with Gasteiger partial charge in [0.1, 0.15) is 6.54 Å². The Morgan fingerprint density at radius 3 is 1.79 bits per heavy atom. The SMILES string of the molecule is Cc1ccc(C(=O)CN(C(=O)c2ccc([N+](=O)[O-])cc2)N2C(=O)c3c(Br)c(Br)c(Br)c(Br)c3C2=O)cc1C. The van der Waals surface area contributed by atoms with Crippen LogP contribution in [0.2, 0.25) is 0 Å². The van der Waals surface area contributed by atoms with Gasteiger partial charge in [-0.25, -0.2) is 5.01 Å². The molecular formula is C25H15Br4N3O6. The van der Waals surface area contributed by atoms with E-state index in [0.29, 0.717) is 19.5 Å².